The van der Waals surface area contributed by atoms with E-state index in [1.807, 2.05) is 0 Å². The van der Waals surface area contributed by atoms with Gasteiger partial charge in [0.25, 0.3) is 0 Å². The zero-order chi connectivity index (χ0) is 11.5. The van der Waals surface area contributed by atoms with Crippen LogP contribution in [-0.4, -0.2) is 44.4 Å². The lowest BCUT2D eigenvalue weighted by atomic mass is 9.74. The van der Waals surface area contributed by atoms with Crippen LogP contribution in [0.15, 0.2) is 11.3 Å². The Balaban J connectivity index is 1.96. The molecule has 0 spiro atoms. The summed E-state index contributed by atoms with van der Waals surface area (Å²) in [6, 6.07) is 0. The Morgan fingerprint density at radius 2 is 1.94 bits per heavy atom. The Morgan fingerprint density at radius 1 is 1.25 bits per heavy atom. The number of allylic oxidation sites excluding steroid dienone is 1. The fourth-order valence-corrected chi connectivity index (χ4v) is 2.55. The van der Waals surface area contributed by atoms with Crippen LogP contribution in [0.1, 0.15) is 20.8 Å². The summed E-state index contributed by atoms with van der Waals surface area (Å²) in [6.07, 6.45) is 0. The largest absolute Gasteiger partial charge is 0.498 e. The molecule has 0 amide bonds. The van der Waals surface area contributed by atoms with Gasteiger partial charge in [-0.1, -0.05) is 13.8 Å². The zero-order valence-electron chi connectivity index (χ0n) is 10.7. The van der Waals surface area contributed by atoms with Gasteiger partial charge in [-0.25, -0.2) is 0 Å². The molecule has 16 heavy (non-hydrogen) atoms. The average Bonchev–Trinajstić information content (AvgIpc) is 2.34. The van der Waals surface area contributed by atoms with Crippen LogP contribution in [0, 0.1) is 11.8 Å². The van der Waals surface area contributed by atoms with E-state index in [9.17, 15) is 0 Å². The number of ether oxygens (including phenoxy) is 2. The molecule has 3 nitrogen and oxygen atoms in total. The molecule has 92 valence electrons. The van der Waals surface area contributed by atoms with Crippen LogP contribution in [0.5, 0.6) is 0 Å². The summed E-state index contributed by atoms with van der Waals surface area (Å²) in [5.41, 5.74) is 1.51. The highest BCUT2D eigenvalue weighted by Crippen LogP contribution is 2.41. The van der Waals surface area contributed by atoms with Crippen LogP contribution in [0.2, 0.25) is 0 Å². The minimum Gasteiger partial charge on any atom is -0.498 e. The quantitative estimate of drug-likeness (QED) is 0.729. The molecule has 2 aliphatic rings. The van der Waals surface area contributed by atoms with E-state index in [-0.39, 0.29) is 0 Å². The van der Waals surface area contributed by atoms with Crippen LogP contribution >= 0.6 is 0 Å². The predicted molar refractivity (Wildman–Crippen MR) is 64.2 cm³/mol. The van der Waals surface area contributed by atoms with Crippen LogP contribution in [0.3, 0.4) is 0 Å². The maximum absolute atomic E-state index is 5.74. The van der Waals surface area contributed by atoms with Crippen molar-refractivity contribution in [3.8, 4) is 0 Å². The zero-order valence-corrected chi connectivity index (χ0v) is 10.7. The van der Waals surface area contributed by atoms with Gasteiger partial charge in [0.2, 0.25) is 0 Å². The molecule has 0 aromatic carbocycles. The highest BCUT2D eigenvalue weighted by molar-refractivity contribution is 5.28. The van der Waals surface area contributed by atoms with Gasteiger partial charge in [0, 0.05) is 25.6 Å². The van der Waals surface area contributed by atoms with Crippen molar-refractivity contribution in [2.45, 2.75) is 20.8 Å². The van der Waals surface area contributed by atoms with Crippen molar-refractivity contribution in [3.63, 3.8) is 0 Å². The lowest BCUT2D eigenvalue weighted by molar-refractivity contribution is 0.0365. The van der Waals surface area contributed by atoms with E-state index in [0.717, 1.165) is 39.5 Å². The van der Waals surface area contributed by atoms with Crippen molar-refractivity contribution in [2.75, 3.05) is 39.5 Å². The highest BCUT2D eigenvalue weighted by atomic mass is 16.5. The van der Waals surface area contributed by atoms with Crippen molar-refractivity contribution in [1.82, 2.24) is 4.90 Å². The summed E-state index contributed by atoms with van der Waals surface area (Å²) in [5.74, 6) is 2.54. The van der Waals surface area contributed by atoms with Gasteiger partial charge in [0.05, 0.1) is 19.8 Å². The second kappa shape index (κ2) is 5.19. The number of nitrogens with zero attached hydrogens (tertiary/aromatic N) is 1. The van der Waals surface area contributed by atoms with Crippen molar-refractivity contribution >= 4 is 0 Å². The molecule has 0 aromatic heterocycles. The average molecular weight is 225 g/mol. The Labute approximate surface area is 98.4 Å². The molecule has 0 N–H and O–H groups in total. The third-order valence-corrected chi connectivity index (χ3v) is 3.83. The smallest absolute Gasteiger partial charge is 0.100 e. The molecule has 0 saturated carbocycles. The summed E-state index contributed by atoms with van der Waals surface area (Å²) in [7, 11) is 0. The van der Waals surface area contributed by atoms with E-state index >= 15 is 0 Å². The monoisotopic (exact) mass is 225 g/mol. The first-order valence-corrected chi connectivity index (χ1v) is 6.39. The molecule has 1 aliphatic heterocycles. The SMILES string of the molecule is CCOC1=C(CN2CCOCC2)[C@H](C)[C@@H]1C. The van der Waals surface area contributed by atoms with E-state index in [1.165, 1.54) is 11.3 Å². The first-order valence-electron chi connectivity index (χ1n) is 6.39. The standard InChI is InChI=1S/C13H23NO2/c1-4-16-13-11(3)10(2)12(13)9-14-5-7-15-8-6-14/h10-11H,4-9H2,1-3H3/t10-,11+/m1/s1. The van der Waals surface area contributed by atoms with Crippen molar-refractivity contribution < 1.29 is 9.47 Å². The van der Waals surface area contributed by atoms with Crippen molar-refractivity contribution in [1.29, 1.82) is 0 Å². The van der Waals surface area contributed by atoms with E-state index in [4.69, 9.17) is 9.47 Å². The van der Waals surface area contributed by atoms with Gasteiger partial charge < -0.3 is 9.47 Å². The van der Waals surface area contributed by atoms with Crippen molar-refractivity contribution in [2.24, 2.45) is 11.8 Å². The third-order valence-electron chi connectivity index (χ3n) is 3.83. The number of rotatable bonds is 4. The number of hydrogen-bond donors (Lipinski definition) is 0. The Kier molecular flexibility index (Phi) is 3.87. The van der Waals surface area contributed by atoms with Crippen LogP contribution in [0.4, 0.5) is 0 Å². The summed E-state index contributed by atoms with van der Waals surface area (Å²) in [5, 5.41) is 0. The Bertz CT molecular complexity index is 269. The number of hydrogen-bond acceptors (Lipinski definition) is 3. The van der Waals surface area contributed by atoms with Gasteiger partial charge in [0.1, 0.15) is 5.76 Å². The Hall–Kier alpha value is -0.540. The van der Waals surface area contributed by atoms with Gasteiger partial charge in [-0.05, 0) is 18.4 Å². The molecular weight excluding hydrogens is 202 g/mol. The number of morpholine rings is 1. The molecule has 0 bridgehead atoms. The maximum Gasteiger partial charge on any atom is 0.100 e. The molecule has 1 fully saturated rings. The van der Waals surface area contributed by atoms with Gasteiger partial charge in [0.15, 0.2) is 0 Å². The molecule has 0 radical (unpaired) electrons. The minimum absolute atomic E-state index is 0.607. The lowest BCUT2D eigenvalue weighted by Crippen LogP contribution is -2.42. The molecule has 3 heteroatoms. The van der Waals surface area contributed by atoms with Crippen molar-refractivity contribution in [3.05, 3.63) is 11.3 Å². The second-order valence-electron chi connectivity index (χ2n) is 4.79. The fraction of sp³-hybridized carbons (Fsp3) is 0.846. The lowest BCUT2D eigenvalue weighted by Gasteiger charge is -2.40. The summed E-state index contributed by atoms with van der Waals surface area (Å²) < 4.78 is 11.1. The summed E-state index contributed by atoms with van der Waals surface area (Å²) in [6.45, 7) is 12.4. The van der Waals surface area contributed by atoms with Gasteiger partial charge in [-0.2, -0.15) is 0 Å². The first-order chi connectivity index (χ1) is 7.74. The summed E-state index contributed by atoms with van der Waals surface area (Å²) >= 11 is 0. The third kappa shape index (κ3) is 2.25. The first kappa shape index (κ1) is 11.9. The molecule has 1 saturated heterocycles. The molecule has 1 heterocycles. The van der Waals surface area contributed by atoms with Gasteiger partial charge in [-0.3, -0.25) is 4.90 Å². The fourth-order valence-electron chi connectivity index (χ4n) is 2.55. The Morgan fingerprint density at radius 3 is 2.56 bits per heavy atom. The van der Waals surface area contributed by atoms with Crippen LogP contribution in [0.25, 0.3) is 0 Å². The van der Waals surface area contributed by atoms with E-state index in [1.54, 1.807) is 0 Å². The molecule has 1 aliphatic carbocycles. The normalized spacial score (nSPS) is 31.4. The van der Waals surface area contributed by atoms with E-state index in [2.05, 4.69) is 25.7 Å². The molecule has 0 aromatic rings. The van der Waals surface area contributed by atoms with Gasteiger partial charge >= 0.3 is 0 Å². The maximum atomic E-state index is 5.74. The van der Waals surface area contributed by atoms with E-state index < -0.39 is 0 Å². The molecule has 0 unspecified atom stereocenters. The molecule has 2 rings (SSSR count). The van der Waals surface area contributed by atoms with Gasteiger partial charge in [-0.15, -0.1) is 0 Å². The minimum atomic E-state index is 0.607. The molecular formula is C13H23NO2. The second-order valence-corrected chi connectivity index (χ2v) is 4.79. The summed E-state index contributed by atoms with van der Waals surface area (Å²) in [4.78, 5) is 2.47. The topological polar surface area (TPSA) is 21.7 Å². The van der Waals surface area contributed by atoms with Crippen LogP contribution in [-0.2, 0) is 9.47 Å². The van der Waals surface area contributed by atoms with Crippen LogP contribution < -0.4 is 0 Å². The molecule has 2 atom stereocenters. The predicted octanol–water partition coefficient (Wildman–Crippen LogP) is 1.89. The highest BCUT2D eigenvalue weighted by Gasteiger charge is 2.36. The van der Waals surface area contributed by atoms with E-state index in [0.29, 0.717) is 11.8 Å².